The summed E-state index contributed by atoms with van der Waals surface area (Å²) in [5, 5.41) is 0. The molecule has 4 heteroatoms. The first-order valence-electron chi connectivity index (χ1n) is 6.26. The topological polar surface area (TPSA) is 29.5 Å². The first-order valence-corrected chi connectivity index (χ1v) is 6.26. The van der Waals surface area contributed by atoms with Gasteiger partial charge in [-0.1, -0.05) is 6.92 Å². The lowest BCUT2D eigenvalue weighted by molar-refractivity contribution is 0.0925. The van der Waals surface area contributed by atoms with Crippen LogP contribution in [0.4, 0.5) is 4.39 Å². The Kier molecular flexibility index (Phi) is 3.97. The van der Waals surface area contributed by atoms with Crippen LogP contribution in [-0.4, -0.2) is 36.9 Å². The van der Waals surface area contributed by atoms with Gasteiger partial charge in [0.05, 0.1) is 19.2 Å². The molecular formula is C14H18FNO2. The number of nitrogens with zero attached hydrogens (tertiary/aromatic N) is 1. The summed E-state index contributed by atoms with van der Waals surface area (Å²) in [4.78, 5) is 14.3. The third kappa shape index (κ3) is 2.88. The van der Waals surface area contributed by atoms with Crippen molar-refractivity contribution >= 4 is 5.78 Å². The molecule has 0 radical (unpaired) electrons. The lowest BCUT2D eigenvalue weighted by Gasteiger charge is -2.19. The molecule has 2 rings (SSSR count). The molecule has 0 N–H and O–H groups in total. The average Bonchev–Trinajstić information content (AvgIpc) is 3.19. The number of benzene rings is 1. The minimum absolute atomic E-state index is 0.0832. The molecule has 1 aliphatic carbocycles. The quantitative estimate of drug-likeness (QED) is 0.727. The molecule has 0 spiro atoms. The van der Waals surface area contributed by atoms with Crippen LogP contribution in [0.5, 0.6) is 5.75 Å². The predicted molar refractivity (Wildman–Crippen MR) is 67.6 cm³/mol. The van der Waals surface area contributed by atoms with E-state index in [4.69, 9.17) is 4.74 Å². The van der Waals surface area contributed by atoms with Gasteiger partial charge in [-0.3, -0.25) is 9.69 Å². The Bertz CT molecular complexity index is 443. The van der Waals surface area contributed by atoms with Gasteiger partial charge in [-0.25, -0.2) is 4.39 Å². The monoisotopic (exact) mass is 251 g/mol. The van der Waals surface area contributed by atoms with Crippen molar-refractivity contribution in [3.63, 3.8) is 0 Å². The first-order chi connectivity index (χ1) is 8.65. The maximum atomic E-state index is 13.2. The van der Waals surface area contributed by atoms with E-state index >= 15 is 0 Å². The largest absolute Gasteiger partial charge is 0.496 e. The summed E-state index contributed by atoms with van der Waals surface area (Å²) in [6.07, 6.45) is 2.31. The molecule has 18 heavy (non-hydrogen) atoms. The molecule has 1 fully saturated rings. The van der Waals surface area contributed by atoms with Gasteiger partial charge in [-0.05, 0) is 37.6 Å². The van der Waals surface area contributed by atoms with E-state index in [0.717, 1.165) is 19.4 Å². The molecule has 0 bridgehead atoms. The SMILES string of the molecule is CCN(CC(=O)c1cc(F)ccc1OC)C1CC1. The highest BCUT2D eigenvalue weighted by Gasteiger charge is 2.29. The number of halogens is 1. The van der Waals surface area contributed by atoms with Gasteiger partial charge in [0.15, 0.2) is 5.78 Å². The second-order valence-corrected chi connectivity index (χ2v) is 4.56. The summed E-state index contributed by atoms with van der Waals surface area (Å²) in [7, 11) is 1.49. The predicted octanol–water partition coefficient (Wildman–Crippen LogP) is 2.50. The zero-order chi connectivity index (χ0) is 13.1. The van der Waals surface area contributed by atoms with E-state index in [9.17, 15) is 9.18 Å². The Balaban J connectivity index is 2.14. The maximum absolute atomic E-state index is 13.2. The fourth-order valence-electron chi connectivity index (χ4n) is 2.11. The lowest BCUT2D eigenvalue weighted by Crippen LogP contribution is -2.31. The van der Waals surface area contributed by atoms with Crippen molar-refractivity contribution in [2.75, 3.05) is 20.2 Å². The van der Waals surface area contributed by atoms with E-state index in [0.29, 0.717) is 23.9 Å². The molecule has 0 aromatic heterocycles. The normalized spacial score (nSPS) is 14.9. The standard InChI is InChI=1S/C14H18FNO2/c1-3-16(11-5-6-11)9-13(17)12-8-10(15)4-7-14(12)18-2/h4,7-8,11H,3,5-6,9H2,1-2H3. The Hall–Kier alpha value is -1.42. The number of carbonyl (C=O) groups is 1. The third-order valence-corrected chi connectivity index (χ3v) is 3.28. The minimum Gasteiger partial charge on any atom is -0.496 e. The molecule has 0 heterocycles. The molecule has 0 unspecified atom stereocenters. The van der Waals surface area contributed by atoms with Crippen LogP contribution in [0, 0.1) is 5.82 Å². The van der Waals surface area contributed by atoms with Crippen LogP contribution in [0.3, 0.4) is 0 Å². The zero-order valence-electron chi connectivity index (χ0n) is 10.8. The number of ketones is 1. The van der Waals surface area contributed by atoms with E-state index in [1.54, 1.807) is 0 Å². The number of ether oxygens (including phenoxy) is 1. The van der Waals surface area contributed by atoms with Crippen LogP contribution in [0.1, 0.15) is 30.1 Å². The molecule has 98 valence electrons. The molecule has 1 aliphatic rings. The highest BCUT2D eigenvalue weighted by atomic mass is 19.1. The Morgan fingerprint density at radius 3 is 2.78 bits per heavy atom. The van der Waals surface area contributed by atoms with Crippen molar-refractivity contribution in [3.8, 4) is 5.75 Å². The summed E-state index contributed by atoms with van der Waals surface area (Å²) in [5.41, 5.74) is 0.330. The van der Waals surface area contributed by atoms with E-state index in [2.05, 4.69) is 4.90 Å². The lowest BCUT2D eigenvalue weighted by atomic mass is 10.1. The van der Waals surface area contributed by atoms with Crippen molar-refractivity contribution in [1.29, 1.82) is 0 Å². The van der Waals surface area contributed by atoms with Gasteiger partial charge in [0.25, 0.3) is 0 Å². The highest BCUT2D eigenvalue weighted by molar-refractivity contribution is 6.00. The summed E-state index contributed by atoms with van der Waals surface area (Å²) in [6, 6.07) is 4.57. The van der Waals surface area contributed by atoms with Crippen LogP contribution < -0.4 is 4.74 Å². The maximum Gasteiger partial charge on any atom is 0.180 e. The van der Waals surface area contributed by atoms with Gasteiger partial charge >= 0.3 is 0 Å². The van der Waals surface area contributed by atoms with Crippen molar-refractivity contribution in [1.82, 2.24) is 4.90 Å². The smallest absolute Gasteiger partial charge is 0.180 e. The second kappa shape index (κ2) is 5.48. The van der Waals surface area contributed by atoms with Crippen molar-refractivity contribution in [2.24, 2.45) is 0 Å². The number of hydrogen-bond acceptors (Lipinski definition) is 3. The van der Waals surface area contributed by atoms with Gasteiger partial charge < -0.3 is 4.74 Å². The molecular weight excluding hydrogens is 233 g/mol. The molecule has 1 saturated carbocycles. The number of methoxy groups -OCH3 is 1. The third-order valence-electron chi connectivity index (χ3n) is 3.28. The summed E-state index contributed by atoms with van der Waals surface area (Å²) < 4.78 is 18.3. The van der Waals surface area contributed by atoms with E-state index < -0.39 is 5.82 Å². The van der Waals surface area contributed by atoms with Crippen molar-refractivity contribution < 1.29 is 13.9 Å². The summed E-state index contributed by atoms with van der Waals surface area (Å²) in [5.74, 6) is -0.0537. The van der Waals surface area contributed by atoms with Crippen molar-refractivity contribution in [2.45, 2.75) is 25.8 Å². The molecule has 0 amide bonds. The minimum atomic E-state index is -0.409. The van der Waals surface area contributed by atoms with Gasteiger partial charge in [-0.2, -0.15) is 0 Å². The summed E-state index contributed by atoms with van der Waals surface area (Å²) >= 11 is 0. The number of carbonyl (C=O) groups excluding carboxylic acids is 1. The first kappa shape index (κ1) is 13.0. The average molecular weight is 251 g/mol. The van der Waals surface area contributed by atoms with Crippen molar-refractivity contribution in [3.05, 3.63) is 29.6 Å². The molecule has 0 aliphatic heterocycles. The molecule has 3 nitrogen and oxygen atoms in total. The van der Waals surface area contributed by atoms with Gasteiger partial charge in [0.2, 0.25) is 0 Å². The highest BCUT2D eigenvalue weighted by Crippen LogP contribution is 2.27. The van der Waals surface area contributed by atoms with E-state index in [1.165, 1.54) is 25.3 Å². The number of likely N-dealkylation sites (N-methyl/N-ethyl adjacent to an activating group) is 1. The number of rotatable bonds is 6. The van der Waals surface area contributed by atoms with Gasteiger partial charge in [0, 0.05) is 6.04 Å². The van der Waals surface area contributed by atoms with Crippen LogP contribution in [0.15, 0.2) is 18.2 Å². The van der Waals surface area contributed by atoms with Gasteiger partial charge in [-0.15, -0.1) is 0 Å². The Labute approximate surface area is 107 Å². The van der Waals surface area contributed by atoms with Crippen LogP contribution in [-0.2, 0) is 0 Å². The molecule has 0 saturated heterocycles. The molecule has 1 aromatic rings. The number of Topliss-reactive ketones (excluding diaryl/α,β-unsaturated/α-hetero) is 1. The fraction of sp³-hybridized carbons (Fsp3) is 0.500. The van der Waals surface area contributed by atoms with Crippen LogP contribution >= 0.6 is 0 Å². The second-order valence-electron chi connectivity index (χ2n) is 4.56. The Morgan fingerprint density at radius 1 is 1.50 bits per heavy atom. The van der Waals surface area contributed by atoms with Crippen LogP contribution in [0.25, 0.3) is 0 Å². The van der Waals surface area contributed by atoms with Crippen LogP contribution in [0.2, 0.25) is 0 Å². The Morgan fingerprint density at radius 2 is 2.22 bits per heavy atom. The van der Waals surface area contributed by atoms with E-state index in [1.807, 2.05) is 6.92 Å². The molecule has 1 aromatic carbocycles. The fourth-order valence-corrected chi connectivity index (χ4v) is 2.11. The summed E-state index contributed by atoms with van der Waals surface area (Å²) in [6.45, 7) is 3.21. The number of hydrogen-bond donors (Lipinski definition) is 0. The van der Waals surface area contributed by atoms with E-state index in [-0.39, 0.29) is 5.78 Å². The van der Waals surface area contributed by atoms with Gasteiger partial charge in [0.1, 0.15) is 11.6 Å². The zero-order valence-corrected chi connectivity index (χ0v) is 10.8. The molecule has 0 atom stereocenters.